The van der Waals surface area contributed by atoms with Gasteiger partial charge in [-0.05, 0) is 78.2 Å². The van der Waals surface area contributed by atoms with Crippen LogP contribution in [0.4, 0.5) is 0 Å². The lowest BCUT2D eigenvalue weighted by Crippen LogP contribution is -2.51. The fourth-order valence-corrected chi connectivity index (χ4v) is 5.15. The van der Waals surface area contributed by atoms with Crippen molar-refractivity contribution in [2.75, 3.05) is 78.5 Å². The van der Waals surface area contributed by atoms with Gasteiger partial charge in [-0.1, -0.05) is 34.6 Å². The molecule has 3 rings (SSSR count). The van der Waals surface area contributed by atoms with E-state index in [4.69, 9.17) is 0 Å². The van der Waals surface area contributed by atoms with E-state index in [0.29, 0.717) is 6.04 Å². The number of hydrogen-bond acceptors (Lipinski definition) is 5. The van der Waals surface area contributed by atoms with Crippen LogP contribution in [0.5, 0.6) is 0 Å². The highest BCUT2D eigenvalue weighted by molar-refractivity contribution is 4.81. The molecule has 0 aromatic rings. The smallest absolute Gasteiger partial charge is 0.0113 e. The molecule has 3 saturated heterocycles. The van der Waals surface area contributed by atoms with Crippen molar-refractivity contribution in [2.45, 2.75) is 86.2 Å². The van der Waals surface area contributed by atoms with Gasteiger partial charge in [0.2, 0.25) is 0 Å². The van der Waals surface area contributed by atoms with Crippen molar-refractivity contribution in [2.24, 2.45) is 5.92 Å². The summed E-state index contributed by atoms with van der Waals surface area (Å²) in [5.74, 6) is 0.937. The van der Waals surface area contributed by atoms with Gasteiger partial charge in [0.15, 0.2) is 0 Å². The zero-order chi connectivity index (χ0) is 23.1. The van der Waals surface area contributed by atoms with Crippen LogP contribution in [0, 0.1) is 5.92 Å². The minimum atomic E-state index is 0.708. The maximum absolute atomic E-state index is 3.62. The Bertz CT molecular complexity index is 393. The van der Waals surface area contributed by atoms with Gasteiger partial charge < -0.3 is 15.1 Å². The van der Waals surface area contributed by atoms with E-state index >= 15 is 0 Å². The monoisotopic (exact) mass is 439 g/mol. The van der Waals surface area contributed by atoms with E-state index in [1.165, 1.54) is 97.7 Å². The van der Waals surface area contributed by atoms with Gasteiger partial charge in [-0.3, -0.25) is 9.80 Å². The second-order valence-corrected chi connectivity index (χ2v) is 9.39. The first-order chi connectivity index (χ1) is 15.1. The van der Waals surface area contributed by atoms with E-state index in [0.717, 1.165) is 18.5 Å². The van der Waals surface area contributed by atoms with Crippen LogP contribution in [0.15, 0.2) is 0 Å². The van der Waals surface area contributed by atoms with Crippen molar-refractivity contribution in [3.63, 3.8) is 0 Å². The minimum Gasteiger partial charge on any atom is -0.314 e. The first-order valence-electron chi connectivity index (χ1n) is 13.8. The summed E-state index contributed by atoms with van der Waals surface area (Å²) >= 11 is 0. The van der Waals surface area contributed by atoms with Crippen LogP contribution in [-0.4, -0.2) is 110 Å². The molecule has 0 unspecified atom stereocenters. The highest BCUT2D eigenvalue weighted by Crippen LogP contribution is 2.20. The summed E-state index contributed by atoms with van der Waals surface area (Å²) in [4.78, 5) is 10.8. The molecule has 0 atom stereocenters. The van der Waals surface area contributed by atoms with E-state index in [1.54, 1.807) is 0 Å². The predicted octanol–water partition coefficient (Wildman–Crippen LogP) is 3.85. The summed E-state index contributed by atoms with van der Waals surface area (Å²) < 4.78 is 0. The Balaban J connectivity index is 0.00000113. The summed E-state index contributed by atoms with van der Waals surface area (Å²) in [6.07, 6.45) is 5.51. The number of piperidine rings is 2. The highest BCUT2D eigenvalue weighted by atomic mass is 15.3. The van der Waals surface area contributed by atoms with Gasteiger partial charge in [-0.25, -0.2) is 0 Å². The van der Waals surface area contributed by atoms with Gasteiger partial charge in [0, 0.05) is 57.9 Å². The quantitative estimate of drug-likeness (QED) is 0.619. The molecule has 0 saturated carbocycles. The minimum absolute atomic E-state index is 0.708. The molecule has 0 bridgehead atoms. The molecular formula is C26H57N5. The maximum Gasteiger partial charge on any atom is 0.0113 e. The van der Waals surface area contributed by atoms with E-state index in [-0.39, 0.29) is 0 Å². The first kappa shape index (κ1) is 28.8. The number of likely N-dealkylation sites (tertiary alicyclic amines) is 2. The molecule has 5 nitrogen and oxygen atoms in total. The SMILES string of the molecule is CC.CC.CCNC1CCN(CC2CCN(CCN3CCN(C(C)C)CC3)CC2)CC1. The lowest BCUT2D eigenvalue weighted by Gasteiger charge is -2.40. The van der Waals surface area contributed by atoms with Crippen molar-refractivity contribution in [1.29, 1.82) is 0 Å². The molecule has 0 aliphatic carbocycles. The zero-order valence-electron chi connectivity index (χ0n) is 22.3. The summed E-state index contributed by atoms with van der Waals surface area (Å²) in [6.45, 7) is 30.2. The molecule has 0 radical (unpaired) electrons. The normalized spacial score (nSPS) is 23.2. The summed E-state index contributed by atoms with van der Waals surface area (Å²) in [7, 11) is 0. The summed E-state index contributed by atoms with van der Waals surface area (Å²) in [5.41, 5.74) is 0. The number of nitrogens with zero attached hydrogens (tertiary/aromatic N) is 4. The van der Waals surface area contributed by atoms with Gasteiger partial charge >= 0.3 is 0 Å². The fraction of sp³-hybridized carbons (Fsp3) is 1.00. The van der Waals surface area contributed by atoms with Crippen molar-refractivity contribution < 1.29 is 0 Å². The van der Waals surface area contributed by atoms with Crippen LogP contribution in [-0.2, 0) is 0 Å². The Labute approximate surface area is 195 Å². The molecule has 0 aromatic carbocycles. The van der Waals surface area contributed by atoms with Crippen molar-refractivity contribution >= 4 is 0 Å². The molecule has 3 heterocycles. The largest absolute Gasteiger partial charge is 0.314 e. The third kappa shape index (κ3) is 11.0. The molecule has 3 aliphatic heterocycles. The summed E-state index contributed by atoms with van der Waals surface area (Å²) in [5, 5.41) is 3.62. The van der Waals surface area contributed by atoms with Crippen molar-refractivity contribution in [3.8, 4) is 0 Å². The number of hydrogen-bond donors (Lipinski definition) is 1. The first-order valence-corrected chi connectivity index (χ1v) is 13.8. The molecule has 3 aliphatic rings. The number of rotatable bonds is 8. The highest BCUT2D eigenvalue weighted by Gasteiger charge is 2.25. The molecule has 186 valence electrons. The molecular weight excluding hydrogens is 382 g/mol. The third-order valence-corrected chi connectivity index (χ3v) is 7.17. The molecule has 31 heavy (non-hydrogen) atoms. The molecule has 3 fully saturated rings. The van der Waals surface area contributed by atoms with Gasteiger partial charge in [0.25, 0.3) is 0 Å². The molecule has 0 aromatic heterocycles. The molecule has 0 amide bonds. The van der Waals surface area contributed by atoms with Crippen LogP contribution in [0.1, 0.15) is 74.1 Å². The average Bonchev–Trinajstić information content (AvgIpc) is 2.83. The van der Waals surface area contributed by atoms with Crippen LogP contribution in [0.2, 0.25) is 0 Å². The Hall–Kier alpha value is -0.200. The lowest BCUT2D eigenvalue weighted by atomic mass is 9.94. The topological polar surface area (TPSA) is 25.0 Å². The van der Waals surface area contributed by atoms with Crippen molar-refractivity contribution in [3.05, 3.63) is 0 Å². The predicted molar refractivity (Wildman–Crippen MR) is 138 cm³/mol. The second-order valence-electron chi connectivity index (χ2n) is 9.39. The number of piperazine rings is 1. The van der Waals surface area contributed by atoms with Crippen LogP contribution < -0.4 is 5.32 Å². The average molecular weight is 440 g/mol. The summed E-state index contributed by atoms with van der Waals surface area (Å²) in [6, 6.07) is 1.48. The van der Waals surface area contributed by atoms with Gasteiger partial charge in [-0.2, -0.15) is 0 Å². The van der Waals surface area contributed by atoms with E-state index in [1.807, 2.05) is 27.7 Å². The van der Waals surface area contributed by atoms with Gasteiger partial charge in [0.1, 0.15) is 0 Å². The standard InChI is InChI=1S/C22H45N5.2C2H6/c1-4-23-22-7-11-26(12-8-22)19-21-5-9-24(10-6-21)13-14-25-15-17-27(18-16-25)20(2)3;2*1-2/h20-23H,4-19H2,1-3H3;2*1-2H3. The van der Waals surface area contributed by atoms with Crippen LogP contribution in [0.3, 0.4) is 0 Å². The maximum atomic E-state index is 3.62. The molecule has 1 N–H and O–H groups in total. The van der Waals surface area contributed by atoms with E-state index in [9.17, 15) is 0 Å². The van der Waals surface area contributed by atoms with Crippen molar-refractivity contribution in [1.82, 2.24) is 24.9 Å². The number of nitrogens with one attached hydrogen (secondary N) is 1. The lowest BCUT2D eigenvalue weighted by molar-refractivity contribution is 0.0857. The van der Waals surface area contributed by atoms with Crippen LogP contribution >= 0.6 is 0 Å². The fourth-order valence-electron chi connectivity index (χ4n) is 5.15. The Morgan fingerprint density at radius 2 is 1.16 bits per heavy atom. The Kier molecular flexibility index (Phi) is 16.1. The van der Waals surface area contributed by atoms with Crippen LogP contribution in [0.25, 0.3) is 0 Å². The Morgan fingerprint density at radius 1 is 0.677 bits per heavy atom. The van der Waals surface area contributed by atoms with E-state index in [2.05, 4.69) is 45.7 Å². The molecule has 0 spiro atoms. The molecule has 5 heteroatoms. The van der Waals surface area contributed by atoms with Gasteiger partial charge in [0.05, 0.1) is 0 Å². The second kappa shape index (κ2) is 17.3. The third-order valence-electron chi connectivity index (χ3n) is 7.17. The Morgan fingerprint density at radius 3 is 1.65 bits per heavy atom. The van der Waals surface area contributed by atoms with Gasteiger partial charge in [-0.15, -0.1) is 0 Å². The zero-order valence-corrected chi connectivity index (χ0v) is 22.3. The van der Waals surface area contributed by atoms with E-state index < -0.39 is 0 Å².